The molecule has 0 atom stereocenters. The number of hydrogen-bond donors (Lipinski definition) is 3. The smallest absolute Gasteiger partial charge is 0.182 e. The van der Waals surface area contributed by atoms with Gasteiger partial charge < -0.3 is 11.6 Å². The van der Waals surface area contributed by atoms with Crippen LogP contribution in [0, 0.1) is 5.53 Å². The maximum atomic E-state index is 6.95. The van der Waals surface area contributed by atoms with E-state index in [9.17, 15) is 0 Å². The first kappa shape index (κ1) is 7.60. The average molecular weight is 175 g/mol. The standard InChI is InChI=1S/C8H9N5/c9-7-5-3-1-2-4-6(5)8(12-10)13(7)11/h1-4,10H,9,11H2. The third kappa shape index (κ3) is 0.868. The van der Waals surface area contributed by atoms with Gasteiger partial charge in [-0.2, -0.15) is 0 Å². The summed E-state index contributed by atoms with van der Waals surface area (Å²) < 4.78 is 1.22. The number of fused-ring (bicyclic) bond motifs is 1. The van der Waals surface area contributed by atoms with Gasteiger partial charge in [-0.3, -0.25) is 0 Å². The molecule has 1 aromatic heterocycles. The van der Waals surface area contributed by atoms with E-state index in [-0.39, 0.29) is 0 Å². The van der Waals surface area contributed by atoms with E-state index in [2.05, 4.69) is 5.11 Å². The van der Waals surface area contributed by atoms with Gasteiger partial charge in [0.15, 0.2) is 5.82 Å². The number of rotatable bonds is 1. The van der Waals surface area contributed by atoms with Gasteiger partial charge in [0, 0.05) is 10.8 Å². The van der Waals surface area contributed by atoms with Crippen molar-refractivity contribution in [1.82, 2.24) is 4.68 Å². The first-order chi connectivity index (χ1) is 6.25. The van der Waals surface area contributed by atoms with Crippen LogP contribution in [0.3, 0.4) is 0 Å². The molecule has 0 aliphatic heterocycles. The molecule has 66 valence electrons. The van der Waals surface area contributed by atoms with E-state index in [0.717, 1.165) is 10.8 Å². The molecule has 0 saturated carbocycles. The first-order valence-corrected chi connectivity index (χ1v) is 3.77. The number of hydrogen-bond acceptors (Lipinski definition) is 4. The minimum absolute atomic E-state index is 0.383. The molecule has 0 radical (unpaired) electrons. The number of nitrogens with zero attached hydrogens (tertiary/aromatic N) is 2. The van der Waals surface area contributed by atoms with Crippen LogP contribution in [0.1, 0.15) is 0 Å². The third-order valence-corrected chi connectivity index (χ3v) is 2.04. The van der Waals surface area contributed by atoms with Gasteiger partial charge in [0.1, 0.15) is 5.82 Å². The second kappa shape index (κ2) is 2.48. The summed E-state index contributed by atoms with van der Waals surface area (Å²) in [6, 6.07) is 7.41. The van der Waals surface area contributed by atoms with Gasteiger partial charge in [-0.15, -0.1) is 5.11 Å². The van der Waals surface area contributed by atoms with E-state index in [0.29, 0.717) is 11.6 Å². The van der Waals surface area contributed by atoms with Crippen molar-refractivity contribution in [2.75, 3.05) is 11.6 Å². The van der Waals surface area contributed by atoms with Crippen molar-refractivity contribution in [3.63, 3.8) is 0 Å². The maximum absolute atomic E-state index is 6.95. The topological polar surface area (TPSA) is 93.2 Å². The highest BCUT2D eigenvalue weighted by atomic mass is 15.4. The zero-order valence-corrected chi connectivity index (χ0v) is 6.86. The largest absolute Gasteiger partial charge is 0.383 e. The van der Waals surface area contributed by atoms with Crippen molar-refractivity contribution in [2.45, 2.75) is 0 Å². The van der Waals surface area contributed by atoms with Crippen molar-refractivity contribution < 1.29 is 0 Å². The van der Waals surface area contributed by atoms with Gasteiger partial charge in [0.05, 0.1) is 0 Å². The van der Waals surface area contributed by atoms with Gasteiger partial charge in [-0.05, 0) is 0 Å². The van der Waals surface area contributed by atoms with Crippen LogP contribution in [0.4, 0.5) is 11.6 Å². The minimum Gasteiger partial charge on any atom is -0.383 e. The Labute approximate surface area is 74.4 Å². The quantitative estimate of drug-likeness (QED) is 0.453. The Hall–Kier alpha value is -2.04. The molecular formula is C8H9N5. The number of nitrogens with two attached hydrogens (primary N) is 2. The van der Waals surface area contributed by atoms with Gasteiger partial charge in [0.2, 0.25) is 0 Å². The van der Waals surface area contributed by atoms with Gasteiger partial charge >= 0.3 is 0 Å². The number of aromatic nitrogens is 1. The molecule has 5 heteroatoms. The van der Waals surface area contributed by atoms with Crippen LogP contribution >= 0.6 is 0 Å². The summed E-state index contributed by atoms with van der Waals surface area (Å²) >= 11 is 0. The Kier molecular flexibility index (Phi) is 1.45. The lowest BCUT2D eigenvalue weighted by molar-refractivity contribution is 0.981. The lowest BCUT2D eigenvalue weighted by Crippen LogP contribution is -2.10. The highest BCUT2D eigenvalue weighted by Gasteiger charge is 2.10. The molecule has 0 spiro atoms. The molecule has 0 saturated heterocycles. The molecule has 2 aromatic rings. The molecule has 0 amide bonds. The predicted molar refractivity (Wildman–Crippen MR) is 51.3 cm³/mol. The second-order valence-electron chi connectivity index (χ2n) is 2.74. The average Bonchev–Trinajstić information content (AvgIpc) is 2.41. The zero-order chi connectivity index (χ0) is 9.42. The summed E-state index contributed by atoms with van der Waals surface area (Å²) in [5.74, 6) is 6.42. The number of benzene rings is 1. The molecule has 2 rings (SSSR count). The van der Waals surface area contributed by atoms with Crippen molar-refractivity contribution in [3.8, 4) is 0 Å². The molecule has 5 nitrogen and oxygen atoms in total. The highest BCUT2D eigenvalue weighted by molar-refractivity contribution is 6.00. The van der Waals surface area contributed by atoms with E-state index < -0.39 is 0 Å². The van der Waals surface area contributed by atoms with Gasteiger partial charge in [-0.25, -0.2) is 10.2 Å². The van der Waals surface area contributed by atoms with Gasteiger partial charge in [-0.1, -0.05) is 24.3 Å². The van der Waals surface area contributed by atoms with E-state index in [4.69, 9.17) is 17.1 Å². The lowest BCUT2D eigenvalue weighted by Gasteiger charge is -1.96. The summed E-state index contributed by atoms with van der Waals surface area (Å²) in [4.78, 5) is 0. The molecule has 0 bridgehead atoms. The second-order valence-corrected chi connectivity index (χ2v) is 2.74. The summed E-state index contributed by atoms with van der Waals surface area (Å²) in [6.45, 7) is 0. The van der Waals surface area contributed by atoms with Gasteiger partial charge in [0.25, 0.3) is 0 Å². The van der Waals surface area contributed by atoms with Crippen LogP contribution in [-0.2, 0) is 0 Å². The summed E-state index contributed by atoms with van der Waals surface area (Å²) in [5, 5.41) is 4.96. The monoisotopic (exact) mass is 175 g/mol. The van der Waals surface area contributed by atoms with E-state index in [1.54, 1.807) is 0 Å². The van der Waals surface area contributed by atoms with Crippen molar-refractivity contribution in [2.24, 2.45) is 5.11 Å². The molecular weight excluding hydrogens is 166 g/mol. The number of nitrogens with one attached hydrogen (secondary N) is 1. The lowest BCUT2D eigenvalue weighted by atomic mass is 10.2. The minimum atomic E-state index is 0.383. The van der Waals surface area contributed by atoms with E-state index in [1.807, 2.05) is 24.3 Å². The molecule has 0 aliphatic rings. The van der Waals surface area contributed by atoms with Crippen molar-refractivity contribution in [3.05, 3.63) is 24.3 Å². The summed E-state index contributed by atoms with van der Waals surface area (Å²) in [6.07, 6.45) is 0. The first-order valence-electron chi connectivity index (χ1n) is 3.77. The molecule has 5 N–H and O–H groups in total. The Morgan fingerprint density at radius 3 is 2.46 bits per heavy atom. The van der Waals surface area contributed by atoms with Crippen LogP contribution in [0.25, 0.3) is 10.8 Å². The third-order valence-electron chi connectivity index (χ3n) is 2.04. The highest BCUT2D eigenvalue weighted by Crippen LogP contribution is 2.31. The fraction of sp³-hybridized carbons (Fsp3) is 0. The molecule has 13 heavy (non-hydrogen) atoms. The fourth-order valence-electron chi connectivity index (χ4n) is 1.39. The SMILES string of the molecule is N=Nc1c2ccccc2c(N)n1N. The fourth-order valence-corrected chi connectivity index (χ4v) is 1.39. The maximum Gasteiger partial charge on any atom is 0.182 e. The molecule has 1 heterocycles. The predicted octanol–water partition coefficient (Wildman–Crippen LogP) is 1.60. The van der Waals surface area contributed by atoms with Crippen molar-refractivity contribution in [1.29, 1.82) is 5.53 Å². The van der Waals surface area contributed by atoms with Crippen LogP contribution in [0.15, 0.2) is 29.4 Å². The van der Waals surface area contributed by atoms with Crippen LogP contribution in [0.2, 0.25) is 0 Å². The normalized spacial score (nSPS) is 10.5. The van der Waals surface area contributed by atoms with Crippen LogP contribution in [0.5, 0.6) is 0 Å². The molecule has 1 aromatic carbocycles. The number of anilines is 1. The van der Waals surface area contributed by atoms with Crippen LogP contribution in [-0.4, -0.2) is 4.68 Å². The zero-order valence-electron chi connectivity index (χ0n) is 6.86. The Balaban J connectivity index is 2.98. The molecule has 0 unspecified atom stereocenters. The summed E-state index contributed by atoms with van der Waals surface area (Å²) in [7, 11) is 0. The molecule has 0 fully saturated rings. The molecule has 0 aliphatic carbocycles. The summed E-state index contributed by atoms with van der Waals surface area (Å²) in [5.41, 5.74) is 12.7. The Morgan fingerprint density at radius 1 is 1.23 bits per heavy atom. The Morgan fingerprint density at radius 2 is 1.85 bits per heavy atom. The van der Waals surface area contributed by atoms with E-state index >= 15 is 0 Å². The van der Waals surface area contributed by atoms with Crippen molar-refractivity contribution >= 4 is 22.4 Å². The van der Waals surface area contributed by atoms with E-state index in [1.165, 1.54) is 4.68 Å². The van der Waals surface area contributed by atoms with Crippen LogP contribution < -0.4 is 11.6 Å². The Bertz CT molecular complexity index is 471. The number of nitrogen functional groups attached to an aromatic ring is 2.